The molecule has 1 rings (SSSR count). The van der Waals surface area contributed by atoms with Gasteiger partial charge in [-0.3, -0.25) is 0 Å². The lowest BCUT2D eigenvalue weighted by Gasteiger charge is -2.20. The third kappa shape index (κ3) is 5.81. The van der Waals surface area contributed by atoms with Crippen molar-refractivity contribution in [2.45, 2.75) is 45.4 Å². The zero-order valence-corrected chi connectivity index (χ0v) is 11.2. The maximum atomic E-state index is 12.5. The number of nitrogens with one attached hydrogen (secondary N) is 1. The maximum Gasteiger partial charge on any atom is 0.412 e. The molecule has 1 amide bonds. The molecule has 0 fully saturated rings. The molecule has 6 heteroatoms. The number of alkyl carbamates (subject to hydrolysis) is 1. The number of amides is 1. The van der Waals surface area contributed by atoms with E-state index in [0.717, 1.165) is 6.08 Å². The molecule has 1 N–H and O–H groups in total. The van der Waals surface area contributed by atoms with Crippen molar-refractivity contribution in [3.8, 4) is 0 Å². The topological polar surface area (TPSA) is 38.3 Å². The summed E-state index contributed by atoms with van der Waals surface area (Å²) in [6.07, 6.45) is -1.85. The Balaban J connectivity index is 2.53. The first-order chi connectivity index (χ1) is 8.58. The highest BCUT2D eigenvalue weighted by Gasteiger charge is 2.33. The second kappa shape index (κ2) is 5.67. The smallest absolute Gasteiger partial charge is 0.412 e. The minimum absolute atomic E-state index is 0.0144. The second-order valence-electron chi connectivity index (χ2n) is 5.34. The Kier molecular flexibility index (Phi) is 4.66. The van der Waals surface area contributed by atoms with Crippen molar-refractivity contribution in [3.63, 3.8) is 0 Å². The second-order valence-corrected chi connectivity index (χ2v) is 5.34. The standard InChI is InChI=1S/C13H18F3NO2/c1-12(2,3)19-11(18)17-8-9-5-4-6-10(7-9)13(14,15)16/h5,7H,4,6,8H2,1-3H3,(H,17,18). The van der Waals surface area contributed by atoms with E-state index in [1.165, 1.54) is 0 Å². The van der Waals surface area contributed by atoms with E-state index in [-0.39, 0.29) is 13.0 Å². The highest BCUT2D eigenvalue weighted by atomic mass is 19.4. The molecule has 0 aromatic carbocycles. The zero-order valence-electron chi connectivity index (χ0n) is 11.2. The molecule has 0 saturated carbocycles. The first kappa shape index (κ1) is 15.6. The Labute approximate surface area is 110 Å². The Morgan fingerprint density at radius 3 is 2.53 bits per heavy atom. The highest BCUT2D eigenvalue weighted by molar-refractivity contribution is 5.68. The number of halogens is 3. The maximum absolute atomic E-state index is 12.5. The van der Waals surface area contributed by atoms with Gasteiger partial charge < -0.3 is 10.1 Å². The lowest BCUT2D eigenvalue weighted by molar-refractivity contribution is -0.0941. The van der Waals surface area contributed by atoms with Gasteiger partial charge in [0.15, 0.2) is 0 Å². The fraction of sp³-hybridized carbons (Fsp3) is 0.615. The fourth-order valence-electron chi connectivity index (χ4n) is 1.60. The van der Waals surface area contributed by atoms with Crippen LogP contribution in [0, 0.1) is 0 Å². The number of allylic oxidation sites excluding steroid dienone is 2. The summed E-state index contributed by atoms with van der Waals surface area (Å²) in [4.78, 5) is 11.4. The fourth-order valence-corrected chi connectivity index (χ4v) is 1.60. The van der Waals surface area contributed by atoms with Gasteiger partial charge in [0.25, 0.3) is 0 Å². The van der Waals surface area contributed by atoms with E-state index in [1.54, 1.807) is 26.8 Å². The average molecular weight is 277 g/mol. The average Bonchev–Trinajstić information content (AvgIpc) is 2.23. The Morgan fingerprint density at radius 2 is 2.00 bits per heavy atom. The van der Waals surface area contributed by atoms with E-state index in [2.05, 4.69) is 5.32 Å². The van der Waals surface area contributed by atoms with Gasteiger partial charge in [0.05, 0.1) is 0 Å². The Hall–Kier alpha value is -1.46. The third-order valence-corrected chi connectivity index (χ3v) is 2.38. The summed E-state index contributed by atoms with van der Waals surface area (Å²) in [5.41, 5.74) is -0.738. The van der Waals surface area contributed by atoms with Crippen LogP contribution < -0.4 is 5.32 Å². The summed E-state index contributed by atoms with van der Waals surface area (Å²) in [6.45, 7) is 5.19. The van der Waals surface area contributed by atoms with E-state index in [0.29, 0.717) is 12.0 Å². The first-order valence-electron chi connectivity index (χ1n) is 6.01. The van der Waals surface area contributed by atoms with Crippen LogP contribution in [0.1, 0.15) is 33.6 Å². The van der Waals surface area contributed by atoms with Gasteiger partial charge in [0.2, 0.25) is 0 Å². The van der Waals surface area contributed by atoms with Crippen LogP contribution in [0.25, 0.3) is 0 Å². The van der Waals surface area contributed by atoms with Gasteiger partial charge in [-0.25, -0.2) is 4.79 Å². The molecular weight excluding hydrogens is 259 g/mol. The zero-order chi connectivity index (χ0) is 14.7. The van der Waals surface area contributed by atoms with Gasteiger partial charge in [0.1, 0.15) is 5.60 Å². The van der Waals surface area contributed by atoms with Crippen LogP contribution in [-0.4, -0.2) is 24.4 Å². The van der Waals surface area contributed by atoms with Gasteiger partial charge in [0, 0.05) is 12.1 Å². The predicted octanol–water partition coefficient (Wildman–Crippen LogP) is 3.72. The molecular formula is C13H18F3NO2. The van der Waals surface area contributed by atoms with Gasteiger partial charge in [-0.2, -0.15) is 13.2 Å². The largest absolute Gasteiger partial charge is 0.444 e. The SMILES string of the molecule is CC(C)(C)OC(=O)NCC1=CCCC(C(F)(F)F)=C1. The molecule has 3 nitrogen and oxygen atoms in total. The van der Waals surface area contributed by atoms with Crippen molar-refractivity contribution in [1.82, 2.24) is 5.32 Å². The number of rotatable bonds is 2. The molecule has 1 aliphatic rings. The van der Waals surface area contributed by atoms with Gasteiger partial charge in [-0.05, 0) is 45.3 Å². The molecule has 0 aromatic heterocycles. The number of hydrogen-bond donors (Lipinski definition) is 1. The van der Waals surface area contributed by atoms with Gasteiger partial charge >= 0.3 is 12.3 Å². The number of carbonyl (C=O) groups is 1. The summed E-state index contributed by atoms with van der Waals surface area (Å²) in [6, 6.07) is 0. The van der Waals surface area contributed by atoms with E-state index in [1.807, 2.05) is 0 Å². The lowest BCUT2D eigenvalue weighted by atomic mass is 9.99. The lowest BCUT2D eigenvalue weighted by Crippen LogP contribution is -2.33. The highest BCUT2D eigenvalue weighted by Crippen LogP contribution is 2.32. The minimum atomic E-state index is -4.30. The normalized spacial score (nSPS) is 16.5. The van der Waals surface area contributed by atoms with Crippen LogP contribution in [0.2, 0.25) is 0 Å². The van der Waals surface area contributed by atoms with E-state index in [4.69, 9.17) is 4.74 Å². The number of alkyl halides is 3. The molecule has 0 unspecified atom stereocenters. The minimum Gasteiger partial charge on any atom is -0.444 e. The van der Waals surface area contributed by atoms with E-state index >= 15 is 0 Å². The number of carbonyl (C=O) groups excluding carboxylic acids is 1. The van der Waals surface area contributed by atoms with Crippen LogP contribution in [-0.2, 0) is 4.74 Å². The van der Waals surface area contributed by atoms with Crippen molar-refractivity contribution in [2.75, 3.05) is 6.54 Å². The summed E-state index contributed by atoms with van der Waals surface area (Å²) in [5, 5.41) is 2.44. The molecule has 19 heavy (non-hydrogen) atoms. The van der Waals surface area contributed by atoms with Crippen LogP contribution in [0.3, 0.4) is 0 Å². The summed E-state index contributed by atoms with van der Waals surface area (Å²) in [5.74, 6) is 0. The quantitative estimate of drug-likeness (QED) is 0.835. The number of hydrogen-bond acceptors (Lipinski definition) is 2. The summed E-state index contributed by atoms with van der Waals surface area (Å²) in [7, 11) is 0. The molecule has 0 heterocycles. The summed E-state index contributed by atoms with van der Waals surface area (Å²) < 4.78 is 42.6. The molecule has 0 atom stereocenters. The van der Waals surface area contributed by atoms with E-state index in [9.17, 15) is 18.0 Å². The van der Waals surface area contributed by atoms with Crippen molar-refractivity contribution in [3.05, 3.63) is 23.3 Å². The van der Waals surface area contributed by atoms with Crippen LogP contribution in [0.4, 0.5) is 18.0 Å². The molecule has 0 aromatic rings. The van der Waals surface area contributed by atoms with Gasteiger partial charge in [-0.1, -0.05) is 6.08 Å². The molecule has 108 valence electrons. The molecule has 1 aliphatic carbocycles. The van der Waals surface area contributed by atoms with Crippen LogP contribution >= 0.6 is 0 Å². The summed E-state index contributed by atoms with van der Waals surface area (Å²) >= 11 is 0. The van der Waals surface area contributed by atoms with Crippen LogP contribution in [0.15, 0.2) is 23.3 Å². The molecule has 0 saturated heterocycles. The molecule has 0 bridgehead atoms. The van der Waals surface area contributed by atoms with Crippen LogP contribution in [0.5, 0.6) is 0 Å². The third-order valence-electron chi connectivity index (χ3n) is 2.38. The monoisotopic (exact) mass is 277 g/mol. The molecule has 0 spiro atoms. The predicted molar refractivity (Wildman–Crippen MR) is 65.7 cm³/mol. The molecule has 0 aliphatic heterocycles. The van der Waals surface area contributed by atoms with E-state index < -0.39 is 23.4 Å². The van der Waals surface area contributed by atoms with Crippen molar-refractivity contribution < 1.29 is 22.7 Å². The van der Waals surface area contributed by atoms with Crippen molar-refractivity contribution in [2.24, 2.45) is 0 Å². The van der Waals surface area contributed by atoms with Crippen molar-refractivity contribution in [1.29, 1.82) is 0 Å². The first-order valence-corrected chi connectivity index (χ1v) is 6.01. The van der Waals surface area contributed by atoms with Crippen molar-refractivity contribution >= 4 is 6.09 Å². The Bertz CT molecular complexity index is 403. The molecule has 0 radical (unpaired) electrons. The van der Waals surface area contributed by atoms with Gasteiger partial charge in [-0.15, -0.1) is 0 Å². The Morgan fingerprint density at radius 1 is 1.37 bits per heavy atom. The number of ether oxygens (including phenoxy) is 1.